The molecule has 22 heavy (non-hydrogen) atoms. The molecule has 2 N–H and O–H groups in total. The molecule has 0 unspecified atom stereocenters. The smallest absolute Gasteiger partial charge is 0.372 e. The summed E-state index contributed by atoms with van der Waals surface area (Å²) >= 11 is 0. The van der Waals surface area contributed by atoms with Gasteiger partial charge in [0.05, 0.1) is 17.8 Å². The van der Waals surface area contributed by atoms with Crippen LogP contribution in [0.5, 0.6) is 0 Å². The van der Waals surface area contributed by atoms with Gasteiger partial charge in [-0.3, -0.25) is 4.79 Å². The Kier molecular flexibility index (Phi) is 4.45. The first-order chi connectivity index (χ1) is 10.2. The first-order valence-corrected chi connectivity index (χ1v) is 6.68. The molecule has 1 saturated heterocycles. The maximum atomic E-state index is 12.6. The minimum atomic E-state index is -4.61. The number of anilines is 1. The molecule has 2 amide bonds. The number of aromatic nitrogens is 1. The normalized spacial score (nSPS) is 22.5. The number of hydrogen-bond donors (Lipinski definition) is 2. The first kappa shape index (κ1) is 16.3. The highest BCUT2D eigenvalue weighted by atomic mass is 19.4. The van der Waals surface area contributed by atoms with Gasteiger partial charge in [-0.15, -0.1) is 0 Å². The molecule has 0 radical (unpaired) electrons. The van der Waals surface area contributed by atoms with Gasteiger partial charge in [0.1, 0.15) is 5.69 Å². The highest BCUT2D eigenvalue weighted by Crippen LogP contribution is 2.29. The quantitative estimate of drug-likeness (QED) is 0.832. The molecule has 0 saturated carbocycles. The van der Waals surface area contributed by atoms with Gasteiger partial charge < -0.3 is 19.9 Å². The SMILES string of the molecule is C[C@H]1CN(C(=O)Nc2cc(C(F)(F)F)c[nH]c2=O)C[C@H](C)O1. The number of alkyl halides is 3. The number of morpholine rings is 1. The van der Waals surface area contributed by atoms with Crippen LogP contribution in [0.2, 0.25) is 0 Å². The third-order valence-electron chi connectivity index (χ3n) is 3.18. The van der Waals surface area contributed by atoms with E-state index in [9.17, 15) is 22.8 Å². The van der Waals surface area contributed by atoms with Crippen LogP contribution < -0.4 is 10.9 Å². The molecule has 9 heteroatoms. The van der Waals surface area contributed by atoms with E-state index in [1.807, 2.05) is 4.98 Å². The molecular formula is C13H16F3N3O3. The number of carbonyl (C=O) groups is 1. The van der Waals surface area contributed by atoms with Crippen molar-refractivity contribution in [2.45, 2.75) is 32.2 Å². The zero-order valence-corrected chi connectivity index (χ0v) is 12.0. The van der Waals surface area contributed by atoms with Crippen LogP contribution in [0.4, 0.5) is 23.7 Å². The molecule has 1 aliphatic heterocycles. The maximum absolute atomic E-state index is 12.6. The van der Waals surface area contributed by atoms with Gasteiger partial charge in [0, 0.05) is 19.3 Å². The number of carbonyl (C=O) groups excluding carboxylic acids is 1. The molecule has 2 rings (SSSR count). The minimum absolute atomic E-state index is 0.186. The first-order valence-electron chi connectivity index (χ1n) is 6.68. The van der Waals surface area contributed by atoms with E-state index in [2.05, 4.69) is 5.32 Å². The van der Waals surface area contributed by atoms with Gasteiger partial charge in [-0.25, -0.2) is 4.79 Å². The van der Waals surface area contributed by atoms with E-state index in [1.54, 1.807) is 13.8 Å². The fraction of sp³-hybridized carbons (Fsp3) is 0.538. The number of aromatic amines is 1. The Hall–Kier alpha value is -2.03. The molecule has 0 aliphatic carbocycles. The highest BCUT2D eigenvalue weighted by Gasteiger charge is 2.32. The number of ether oxygens (including phenoxy) is 1. The largest absolute Gasteiger partial charge is 0.417 e. The fourth-order valence-electron chi connectivity index (χ4n) is 2.28. The molecule has 2 atom stereocenters. The Bertz CT molecular complexity index is 605. The Morgan fingerprint density at radius 3 is 2.50 bits per heavy atom. The van der Waals surface area contributed by atoms with Crippen molar-refractivity contribution in [2.75, 3.05) is 18.4 Å². The summed E-state index contributed by atoms with van der Waals surface area (Å²) in [5.41, 5.74) is -2.27. The number of urea groups is 1. The molecule has 1 aromatic heterocycles. The average molecular weight is 319 g/mol. The highest BCUT2D eigenvalue weighted by molar-refractivity contribution is 5.89. The van der Waals surface area contributed by atoms with Crippen LogP contribution >= 0.6 is 0 Å². The second-order valence-corrected chi connectivity index (χ2v) is 5.22. The van der Waals surface area contributed by atoms with Crippen molar-refractivity contribution in [3.63, 3.8) is 0 Å². The van der Waals surface area contributed by atoms with Crippen LogP contribution in [-0.2, 0) is 10.9 Å². The topological polar surface area (TPSA) is 74.4 Å². The number of hydrogen-bond acceptors (Lipinski definition) is 3. The van der Waals surface area contributed by atoms with Gasteiger partial charge in [-0.05, 0) is 19.9 Å². The van der Waals surface area contributed by atoms with E-state index in [-0.39, 0.29) is 12.2 Å². The monoisotopic (exact) mass is 319 g/mol. The lowest BCUT2D eigenvalue weighted by molar-refractivity contribution is -0.137. The number of halogens is 3. The molecule has 6 nitrogen and oxygen atoms in total. The standard InChI is InChI=1S/C13H16F3N3O3/c1-7-5-19(6-8(2)22-7)12(21)18-10-3-9(13(14,15)16)4-17-11(10)20/h3-4,7-8H,5-6H2,1-2H3,(H,17,20)(H,18,21)/t7-,8-/m0/s1. The molecule has 1 aliphatic rings. The van der Waals surface area contributed by atoms with Gasteiger partial charge >= 0.3 is 12.2 Å². The number of nitrogens with one attached hydrogen (secondary N) is 2. The van der Waals surface area contributed by atoms with E-state index in [1.165, 1.54) is 4.90 Å². The Morgan fingerprint density at radius 1 is 1.36 bits per heavy atom. The lowest BCUT2D eigenvalue weighted by Crippen LogP contribution is -2.50. The predicted molar refractivity (Wildman–Crippen MR) is 72.7 cm³/mol. The second-order valence-electron chi connectivity index (χ2n) is 5.22. The van der Waals surface area contributed by atoms with Crippen molar-refractivity contribution in [2.24, 2.45) is 0 Å². The van der Waals surface area contributed by atoms with Crippen LogP contribution in [0, 0.1) is 0 Å². The van der Waals surface area contributed by atoms with E-state index in [4.69, 9.17) is 4.74 Å². The third kappa shape index (κ3) is 3.79. The number of H-pyrrole nitrogens is 1. The van der Waals surface area contributed by atoms with Crippen molar-refractivity contribution < 1.29 is 22.7 Å². The van der Waals surface area contributed by atoms with Gasteiger partial charge in [0.2, 0.25) is 0 Å². The van der Waals surface area contributed by atoms with Crippen LogP contribution in [0.25, 0.3) is 0 Å². The Balaban J connectivity index is 2.16. The summed E-state index contributed by atoms with van der Waals surface area (Å²) < 4.78 is 43.4. The van der Waals surface area contributed by atoms with Crippen molar-refractivity contribution in [1.82, 2.24) is 9.88 Å². The summed E-state index contributed by atoms with van der Waals surface area (Å²) in [6.07, 6.45) is -4.41. The van der Waals surface area contributed by atoms with E-state index in [0.29, 0.717) is 25.4 Å². The van der Waals surface area contributed by atoms with Gasteiger partial charge in [-0.1, -0.05) is 0 Å². The zero-order valence-electron chi connectivity index (χ0n) is 12.0. The number of amides is 2. The molecule has 0 bridgehead atoms. The Labute approximate surface area is 124 Å². The van der Waals surface area contributed by atoms with Crippen LogP contribution in [-0.4, -0.2) is 41.2 Å². The molecule has 1 aromatic rings. The lowest BCUT2D eigenvalue weighted by Gasteiger charge is -2.35. The zero-order chi connectivity index (χ0) is 16.5. The summed E-state index contributed by atoms with van der Waals surface area (Å²) in [4.78, 5) is 27.0. The van der Waals surface area contributed by atoms with E-state index in [0.717, 1.165) is 0 Å². The van der Waals surface area contributed by atoms with Crippen molar-refractivity contribution >= 4 is 11.7 Å². The van der Waals surface area contributed by atoms with Gasteiger partial charge in [0.15, 0.2) is 0 Å². The third-order valence-corrected chi connectivity index (χ3v) is 3.18. The van der Waals surface area contributed by atoms with Crippen molar-refractivity contribution in [1.29, 1.82) is 0 Å². The number of pyridine rings is 1. The molecule has 2 heterocycles. The van der Waals surface area contributed by atoms with Crippen molar-refractivity contribution in [3.8, 4) is 0 Å². The van der Waals surface area contributed by atoms with Crippen LogP contribution in [0.15, 0.2) is 17.1 Å². The fourth-order valence-corrected chi connectivity index (χ4v) is 2.28. The molecule has 1 fully saturated rings. The Morgan fingerprint density at radius 2 is 1.95 bits per heavy atom. The summed E-state index contributed by atoms with van der Waals surface area (Å²) in [6.45, 7) is 4.17. The number of nitrogens with zero attached hydrogens (tertiary/aromatic N) is 1. The summed E-state index contributed by atoms with van der Waals surface area (Å²) in [6, 6.07) is -0.0175. The lowest BCUT2D eigenvalue weighted by atomic mass is 10.2. The van der Waals surface area contributed by atoms with E-state index >= 15 is 0 Å². The molecular weight excluding hydrogens is 303 g/mol. The molecule has 122 valence electrons. The second kappa shape index (κ2) is 5.99. The van der Waals surface area contributed by atoms with Gasteiger partial charge in [-0.2, -0.15) is 13.2 Å². The summed E-state index contributed by atoms with van der Waals surface area (Å²) in [5.74, 6) is 0. The van der Waals surface area contributed by atoms with E-state index < -0.39 is 29.0 Å². The van der Waals surface area contributed by atoms with Crippen molar-refractivity contribution in [3.05, 3.63) is 28.2 Å². The number of rotatable bonds is 1. The molecule has 0 aromatic carbocycles. The maximum Gasteiger partial charge on any atom is 0.417 e. The summed E-state index contributed by atoms with van der Waals surface area (Å²) in [7, 11) is 0. The van der Waals surface area contributed by atoms with Crippen LogP contribution in [0.3, 0.4) is 0 Å². The average Bonchev–Trinajstić information content (AvgIpc) is 2.38. The predicted octanol–water partition coefficient (Wildman–Crippen LogP) is 2.03. The summed E-state index contributed by atoms with van der Waals surface area (Å²) in [5, 5.41) is 2.22. The minimum Gasteiger partial charge on any atom is -0.372 e. The van der Waals surface area contributed by atoms with Crippen LogP contribution in [0.1, 0.15) is 19.4 Å². The molecule has 0 spiro atoms. The van der Waals surface area contributed by atoms with Gasteiger partial charge in [0.25, 0.3) is 5.56 Å².